The van der Waals surface area contributed by atoms with Crippen molar-refractivity contribution in [2.24, 2.45) is 11.1 Å². The number of benzene rings is 1. The smallest absolute Gasteiger partial charge is 0.103 e. The minimum Gasteiger partial charge on any atom is -0.384 e. The average molecular weight is 262 g/mol. The van der Waals surface area contributed by atoms with Gasteiger partial charge in [0.15, 0.2) is 0 Å². The van der Waals surface area contributed by atoms with Crippen molar-refractivity contribution in [3.05, 3.63) is 35.9 Å². The van der Waals surface area contributed by atoms with Crippen molar-refractivity contribution in [2.45, 2.75) is 32.3 Å². The molecule has 2 rings (SSSR count). The predicted octanol–water partition coefficient (Wildman–Crippen LogP) is 1.95. The van der Waals surface area contributed by atoms with Crippen LogP contribution in [-0.2, 0) is 5.60 Å². The number of hydrogen-bond acceptors (Lipinski definition) is 3. The van der Waals surface area contributed by atoms with E-state index in [1.807, 2.05) is 30.3 Å². The summed E-state index contributed by atoms with van der Waals surface area (Å²) in [5.41, 5.74) is 6.25. The van der Waals surface area contributed by atoms with Crippen molar-refractivity contribution in [2.75, 3.05) is 26.2 Å². The molecule has 1 aromatic carbocycles. The third-order valence-electron chi connectivity index (χ3n) is 4.25. The third-order valence-corrected chi connectivity index (χ3v) is 4.25. The van der Waals surface area contributed by atoms with E-state index in [9.17, 15) is 5.11 Å². The van der Waals surface area contributed by atoms with Gasteiger partial charge in [-0.3, -0.25) is 0 Å². The van der Waals surface area contributed by atoms with Crippen molar-refractivity contribution < 1.29 is 5.11 Å². The lowest BCUT2D eigenvalue weighted by Gasteiger charge is -2.30. The highest BCUT2D eigenvalue weighted by Crippen LogP contribution is 2.30. The zero-order valence-electron chi connectivity index (χ0n) is 12.1. The van der Waals surface area contributed by atoms with Gasteiger partial charge in [0.05, 0.1) is 0 Å². The number of nitrogens with two attached hydrogens (primary N) is 1. The lowest BCUT2D eigenvalue weighted by atomic mass is 9.90. The van der Waals surface area contributed by atoms with E-state index >= 15 is 0 Å². The van der Waals surface area contributed by atoms with Crippen LogP contribution in [0.3, 0.4) is 0 Å². The van der Waals surface area contributed by atoms with Crippen LogP contribution in [0.5, 0.6) is 0 Å². The summed E-state index contributed by atoms with van der Waals surface area (Å²) < 4.78 is 0. The van der Waals surface area contributed by atoms with Gasteiger partial charge in [0.1, 0.15) is 5.60 Å². The van der Waals surface area contributed by atoms with Crippen LogP contribution in [0.15, 0.2) is 30.3 Å². The minimum absolute atomic E-state index is 0.272. The maximum absolute atomic E-state index is 10.7. The van der Waals surface area contributed by atoms with Crippen LogP contribution < -0.4 is 5.73 Å². The Morgan fingerprint density at radius 3 is 2.53 bits per heavy atom. The van der Waals surface area contributed by atoms with E-state index in [4.69, 9.17) is 5.73 Å². The predicted molar refractivity (Wildman–Crippen MR) is 78.8 cm³/mol. The lowest BCUT2D eigenvalue weighted by molar-refractivity contribution is 0.0271. The quantitative estimate of drug-likeness (QED) is 0.853. The Labute approximate surface area is 116 Å². The van der Waals surface area contributed by atoms with E-state index in [0.717, 1.165) is 25.2 Å². The molecule has 0 aromatic heterocycles. The zero-order chi connectivity index (χ0) is 13.9. The molecule has 0 amide bonds. The van der Waals surface area contributed by atoms with Gasteiger partial charge >= 0.3 is 0 Å². The van der Waals surface area contributed by atoms with E-state index in [1.165, 1.54) is 6.42 Å². The molecule has 1 aliphatic heterocycles. The normalized spacial score (nSPS) is 22.3. The van der Waals surface area contributed by atoms with E-state index in [2.05, 4.69) is 18.7 Å². The first-order chi connectivity index (χ1) is 8.95. The molecule has 3 nitrogen and oxygen atoms in total. The standard InChI is InChI=1S/C16H26N2O/c1-15(2)8-10-18(13-15)11-9-16(19,12-17)14-6-4-3-5-7-14/h3-7,19H,8-13,17H2,1-2H3. The highest BCUT2D eigenvalue weighted by molar-refractivity contribution is 5.22. The van der Waals surface area contributed by atoms with Gasteiger partial charge in [-0.25, -0.2) is 0 Å². The van der Waals surface area contributed by atoms with Gasteiger partial charge in [0, 0.05) is 19.6 Å². The Morgan fingerprint density at radius 1 is 1.32 bits per heavy atom. The summed E-state index contributed by atoms with van der Waals surface area (Å²) in [6.07, 6.45) is 1.93. The first-order valence-corrected chi connectivity index (χ1v) is 7.16. The Kier molecular flexibility index (Phi) is 4.29. The second-order valence-electron chi connectivity index (χ2n) is 6.54. The molecule has 1 aromatic rings. The molecule has 3 N–H and O–H groups in total. The summed E-state index contributed by atoms with van der Waals surface area (Å²) in [4.78, 5) is 2.43. The highest BCUT2D eigenvalue weighted by Gasteiger charge is 2.32. The van der Waals surface area contributed by atoms with Crippen LogP contribution in [0.4, 0.5) is 0 Å². The molecule has 0 saturated carbocycles. The topological polar surface area (TPSA) is 49.5 Å². The molecule has 1 aliphatic rings. The van der Waals surface area contributed by atoms with Crippen LogP contribution >= 0.6 is 0 Å². The maximum Gasteiger partial charge on any atom is 0.103 e. The fourth-order valence-electron chi connectivity index (χ4n) is 2.87. The van der Waals surface area contributed by atoms with Crippen molar-refractivity contribution in [3.8, 4) is 0 Å². The molecule has 1 saturated heterocycles. The molecule has 19 heavy (non-hydrogen) atoms. The van der Waals surface area contributed by atoms with Gasteiger partial charge in [0.25, 0.3) is 0 Å². The average Bonchev–Trinajstić information content (AvgIpc) is 2.77. The molecule has 3 heteroatoms. The minimum atomic E-state index is -0.895. The zero-order valence-corrected chi connectivity index (χ0v) is 12.1. The largest absolute Gasteiger partial charge is 0.384 e. The van der Waals surface area contributed by atoms with Crippen LogP contribution in [0.25, 0.3) is 0 Å². The first kappa shape index (κ1) is 14.5. The Balaban J connectivity index is 1.96. The van der Waals surface area contributed by atoms with Crippen LogP contribution in [-0.4, -0.2) is 36.2 Å². The summed E-state index contributed by atoms with van der Waals surface area (Å²) in [6, 6.07) is 9.79. The lowest BCUT2D eigenvalue weighted by Crippen LogP contribution is -2.39. The molecule has 1 unspecified atom stereocenters. The van der Waals surface area contributed by atoms with Gasteiger partial charge in [-0.2, -0.15) is 0 Å². The van der Waals surface area contributed by atoms with Gasteiger partial charge in [0.2, 0.25) is 0 Å². The second kappa shape index (κ2) is 5.61. The van der Waals surface area contributed by atoms with E-state index in [-0.39, 0.29) is 6.54 Å². The molecule has 0 spiro atoms. The second-order valence-corrected chi connectivity index (χ2v) is 6.54. The van der Waals surface area contributed by atoms with Crippen molar-refractivity contribution >= 4 is 0 Å². The summed E-state index contributed by atoms with van der Waals surface area (Å²) >= 11 is 0. The van der Waals surface area contributed by atoms with Crippen LogP contribution in [0, 0.1) is 5.41 Å². The van der Waals surface area contributed by atoms with Crippen molar-refractivity contribution in [1.29, 1.82) is 0 Å². The Morgan fingerprint density at radius 2 is 2.00 bits per heavy atom. The molecule has 1 fully saturated rings. The number of hydrogen-bond donors (Lipinski definition) is 2. The summed E-state index contributed by atoms with van der Waals surface area (Å²) in [5.74, 6) is 0. The van der Waals surface area contributed by atoms with Gasteiger partial charge in [-0.1, -0.05) is 44.2 Å². The molecular weight excluding hydrogens is 236 g/mol. The highest BCUT2D eigenvalue weighted by atomic mass is 16.3. The fraction of sp³-hybridized carbons (Fsp3) is 0.625. The maximum atomic E-state index is 10.7. The van der Waals surface area contributed by atoms with E-state index in [0.29, 0.717) is 11.8 Å². The molecule has 0 aliphatic carbocycles. The number of nitrogens with zero attached hydrogens (tertiary/aromatic N) is 1. The van der Waals surface area contributed by atoms with Crippen molar-refractivity contribution in [3.63, 3.8) is 0 Å². The molecule has 1 heterocycles. The molecule has 0 radical (unpaired) electrons. The number of aliphatic hydroxyl groups is 1. The third kappa shape index (κ3) is 3.56. The number of rotatable bonds is 5. The van der Waals surface area contributed by atoms with Gasteiger partial charge in [-0.05, 0) is 30.4 Å². The summed E-state index contributed by atoms with van der Waals surface area (Å²) in [7, 11) is 0. The van der Waals surface area contributed by atoms with E-state index in [1.54, 1.807) is 0 Å². The molecule has 106 valence electrons. The first-order valence-electron chi connectivity index (χ1n) is 7.16. The molecular formula is C16H26N2O. The number of likely N-dealkylation sites (tertiary alicyclic amines) is 1. The molecule has 0 bridgehead atoms. The Bertz CT molecular complexity index is 404. The Hall–Kier alpha value is -0.900. The van der Waals surface area contributed by atoms with Gasteiger partial charge in [-0.15, -0.1) is 0 Å². The fourth-order valence-corrected chi connectivity index (χ4v) is 2.87. The monoisotopic (exact) mass is 262 g/mol. The summed E-state index contributed by atoms with van der Waals surface area (Å²) in [5, 5.41) is 10.7. The van der Waals surface area contributed by atoms with E-state index < -0.39 is 5.60 Å². The van der Waals surface area contributed by atoms with Crippen LogP contribution in [0.2, 0.25) is 0 Å². The molecule has 1 atom stereocenters. The van der Waals surface area contributed by atoms with Gasteiger partial charge < -0.3 is 15.7 Å². The summed E-state index contributed by atoms with van der Waals surface area (Å²) in [6.45, 7) is 8.03. The SMILES string of the molecule is CC1(C)CCN(CCC(O)(CN)c2ccccc2)C1. The van der Waals surface area contributed by atoms with Crippen LogP contribution in [0.1, 0.15) is 32.3 Å². The van der Waals surface area contributed by atoms with Crippen molar-refractivity contribution in [1.82, 2.24) is 4.90 Å².